The van der Waals surface area contributed by atoms with E-state index in [2.05, 4.69) is 10.2 Å². The van der Waals surface area contributed by atoms with E-state index in [0.717, 1.165) is 41.8 Å². The number of amides is 2. The Kier molecular flexibility index (Phi) is 7.13. The minimum Gasteiger partial charge on any atom is -0.483 e. The number of rotatable bonds is 7. The van der Waals surface area contributed by atoms with Gasteiger partial charge in [-0.25, -0.2) is 0 Å². The number of nitrogens with one attached hydrogen (secondary N) is 1. The minimum atomic E-state index is -0.190. The second kappa shape index (κ2) is 9.78. The monoisotopic (exact) mass is 412 g/mol. The fourth-order valence-electron chi connectivity index (χ4n) is 4.18. The summed E-state index contributed by atoms with van der Waals surface area (Å²) in [4.78, 5) is 29.6. The Balaban J connectivity index is 1.78. The van der Waals surface area contributed by atoms with Crippen LogP contribution in [0.5, 0.6) is 5.75 Å². The number of carbonyl (C=O) groups excluding carboxylic acids is 2. The molecule has 3 rings (SSSR count). The van der Waals surface area contributed by atoms with E-state index in [4.69, 9.17) is 4.74 Å². The average Bonchev–Trinajstić information content (AvgIpc) is 3.23. The lowest BCUT2D eigenvalue weighted by atomic mass is 9.96. The number of aromatic nitrogens is 2. The van der Waals surface area contributed by atoms with Gasteiger partial charge in [0.2, 0.25) is 0 Å². The number of benzene rings is 1. The Morgan fingerprint density at radius 1 is 1.20 bits per heavy atom. The lowest BCUT2D eigenvalue weighted by Crippen LogP contribution is -2.42. The van der Waals surface area contributed by atoms with Gasteiger partial charge >= 0.3 is 0 Å². The van der Waals surface area contributed by atoms with Crippen molar-refractivity contribution in [2.75, 3.05) is 26.2 Å². The number of para-hydroxylation sites is 1. The Morgan fingerprint density at radius 2 is 1.90 bits per heavy atom. The van der Waals surface area contributed by atoms with Crippen molar-refractivity contribution >= 4 is 11.8 Å². The van der Waals surface area contributed by atoms with Crippen LogP contribution >= 0.6 is 0 Å². The standard InChI is InChI=1S/C23H32N4O3/c1-5-26(6-2)23(29)18-14-24-25-21(18)19-12-7-8-13-27(19)20(28)15-30-22-16(3)10-9-11-17(22)4/h9-11,14,19H,5-8,12-13,15H2,1-4H3,(H,24,25)/t19-/m0/s1. The zero-order chi connectivity index (χ0) is 21.7. The highest BCUT2D eigenvalue weighted by Gasteiger charge is 2.33. The van der Waals surface area contributed by atoms with Crippen LogP contribution in [0.2, 0.25) is 0 Å². The van der Waals surface area contributed by atoms with Crippen LogP contribution in [0.4, 0.5) is 0 Å². The summed E-state index contributed by atoms with van der Waals surface area (Å²) in [6.07, 6.45) is 4.33. The van der Waals surface area contributed by atoms with Crippen molar-refractivity contribution in [3.8, 4) is 5.75 Å². The molecule has 0 aliphatic carbocycles. The lowest BCUT2D eigenvalue weighted by Gasteiger charge is -2.35. The Morgan fingerprint density at radius 3 is 2.57 bits per heavy atom. The van der Waals surface area contributed by atoms with Crippen molar-refractivity contribution in [2.45, 2.75) is 53.0 Å². The number of aryl methyl sites for hydroxylation is 2. The number of ether oxygens (including phenoxy) is 1. The van der Waals surface area contributed by atoms with E-state index in [9.17, 15) is 9.59 Å². The van der Waals surface area contributed by atoms with Crippen LogP contribution in [0.15, 0.2) is 24.4 Å². The number of aromatic amines is 1. The van der Waals surface area contributed by atoms with Gasteiger partial charge in [-0.3, -0.25) is 14.7 Å². The number of H-pyrrole nitrogens is 1. The third-order valence-corrected chi connectivity index (χ3v) is 5.85. The molecule has 0 saturated carbocycles. The Labute approximate surface area is 178 Å². The summed E-state index contributed by atoms with van der Waals surface area (Å²) < 4.78 is 5.91. The average molecular weight is 413 g/mol. The van der Waals surface area contributed by atoms with Gasteiger partial charge in [-0.1, -0.05) is 18.2 Å². The van der Waals surface area contributed by atoms with Gasteiger partial charge in [0.05, 0.1) is 23.5 Å². The molecule has 0 radical (unpaired) electrons. The van der Waals surface area contributed by atoms with E-state index in [1.54, 1.807) is 11.1 Å². The molecule has 1 aromatic carbocycles. The SMILES string of the molecule is CCN(CC)C(=O)c1cn[nH]c1[C@@H]1CCCCN1C(=O)COc1c(C)cccc1C. The smallest absolute Gasteiger partial charge is 0.261 e. The van der Waals surface area contributed by atoms with E-state index in [1.165, 1.54) is 0 Å². The molecule has 2 amide bonds. The molecule has 1 aliphatic rings. The summed E-state index contributed by atoms with van der Waals surface area (Å²) in [5, 5.41) is 7.14. The number of hydrogen-bond acceptors (Lipinski definition) is 4. The van der Waals surface area contributed by atoms with Gasteiger partial charge in [-0.15, -0.1) is 0 Å². The fraction of sp³-hybridized carbons (Fsp3) is 0.522. The van der Waals surface area contributed by atoms with Crippen molar-refractivity contribution < 1.29 is 14.3 Å². The van der Waals surface area contributed by atoms with Gasteiger partial charge in [0.15, 0.2) is 6.61 Å². The zero-order valence-corrected chi connectivity index (χ0v) is 18.4. The van der Waals surface area contributed by atoms with Crippen molar-refractivity contribution in [1.29, 1.82) is 0 Å². The third-order valence-electron chi connectivity index (χ3n) is 5.85. The normalized spacial score (nSPS) is 16.4. The van der Waals surface area contributed by atoms with Crippen LogP contribution in [0.25, 0.3) is 0 Å². The van der Waals surface area contributed by atoms with Crippen molar-refractivity contribution in [1.82, 2.24) is 20.0 Å². The highest BCUT2D eigenvalue weighted by molar-refractivity contribution is 5.95. The van der Waals surface area contributed by atoms with E-state index in [-0.39, 0.29) is 24.5 Å². The quantitative estimate of drug-likeness (QED) is 0.753. The van der Waals surface area contributed by atoms with Crippen molar-refractivity contribution in [3.63, 3.8) is 0 Å². The molecule has 1 aromatic heterocycles. The summed E-state index contributed by atoms with van der Waals surface area (Å²) in [6.45, 7) is 9.78. The lowest BCUT2D eigenvalue weighted by molar-refractivity contribution is -0.137. The van der Waals surface area contributed by atoms with Gasteiger partial charge in [-0.05, 0) is 58.1 Å². The van der Waals surface area contributed by atoms with Gasteiger partial charge in [-0.2, -0.15) is 5.10 Å². The molecular weight excluding hydrogens is 380 g/mol. The first-order chi connectivity index (χ1) is 14.5. The molecule has 1 fully saturated rings. The van der Waals surface area contributed by atoms with Gasteiger partial charge in [0.25, 0.3) is 11.8 Å². The second-order valence-corrected chi connectivity index (χ2v) is 7.78. The topological polar surface area (TPSA) is 78.5 Å². The predicted molar refractivity (Wildman–Crippen MR) is 116 cm³/mol. The number of hydrogen-bond donors (Lipinski definition) is 1. The van der Waals surface area contributed by atoms with Crippen LogP contribution in [-0.2, 0) is 4.79 Å². The summed E-state index contributed by atoms with van der Waals surface area (Å²) in [5.41, 5.74) is 3.31. The molecule has 7 nitrogen and oxygen atoms in total. The number of likely N-dealkylation sites (tertiary alicyclic amines) is 1. The summed E-state index contributed by atoms with van der Waals surface area (Å²) in [6, 6.07) is 5.75. The summed E-state index contributed by atoms with van der Waals surface area (Å²) >= 11 is 0. The summed E-state index contributed by atoms with van der Waals surface area (Å²) in [7, 11) is 0. The predicted octanol–water partition coefficient (Wildman–Crippen LogP) is 3.64. The van der Waals surface area contributed by atoms with E-state index >= 15 is 0 Å². The van der Waals surface area contributed by atoms with Crippen LogP contribution in [-0.4, -0.2) is 58.1 Å². The van der Waals surface area contributed by atoms with Crippen molar-refractivity contribution in [2.24, 2.45) is 0 Å². The van der Waals surface area contributed by atoms with Crippen LogP contribution in [0.3, 0.4) is 0 Å². The molecule has 0 unspecified atom stereocenters. The van der Waals surface area contributed by atoms with E-state index in [1.807, 2.05) is 50.8 Å². The van der Waals surface area contributed by atoms with Gasteiger partial charge in [0, 0.05) is 19.6 Å². The molecule has 0 bridgehead atoms. The minimum absolute atomic E-state index is 0.0182. The molecule has 30 heavy (non-hydrogen) atoms. The highest BCUT2D eigenvalue weighted by Crippen LogP contribution is 2.32. The Hall–Kier alpha value is -2.83. The fourth-order valence-corrected chi connectivity index (χ4v) is 4.18. The van der Waals surface area contributed by atoms with Crippen LogP contribution < -0.4 is 4.74 Å². The highest BCUT2D eigenvalue weighted by atomic mass is 16.5. The molecule has 1 saturated heterocycles. The molecule has 1 aliphatic heterocycles. The molecule has 0 spiro atoms. The Bertz CT molecular complexity index is 868. The molecule has 2 aromatic rings. The first-order valence-electron chi connectivity index (χ1n) is 10.8. The van der Waals surface area contributed by atoms with E-state index < -0.39 is 0 Å². The molecule has 2 heterocycles. The van der Waals surface area contributed by atoms with E-state index in [0.29, 0.717) is 25.2 Å². The summed E-state index contributed by atoms with van der Waals surface area (Å²) in [5.74, 6) is 0.644. The number of piperidine rings is 1. The van der Waals surface area contributed by atoms with Crippen LogP contribution in [0.1, 0.15) is 66.3 Å². The maximum Gasteiger partial charge on any atom is 0.261 e. The third kappa shape index (κ3) is 4.50. The zero-order valence-electron chi connectivity index (χ0n) is 18.4. The first-order valence-corrected chi connectivity index (χ1v) is 10.8. The van der Waals surface area contributed by atoms with Gasteiger partial charge in [0.1, 0.15) is 5.75 Å². The molecule has 7 heteroatoms. The first kappa shape index (κ1) is 21.9. The second-order valence-electron chi connectivity index (χ2n) is 7.78. The molecular formula is C23H32N4O3. The molecule has 1 atom stereocenters. The van der Waals surface area contributed by atoms with Gasteiger partial charge < -0.3 is 14.5 Å². The largest absolute Gasteiger partial charge is 0.483 e. The number of nitrogens with zero attached hydrogens (tertiary/aromatic N) is 3. The van der Waals surface area contributed by atoms with Crippen LogP contribution in [0, 0.1) is 13.8 Å². The van der Waals surface area contributed by atoms with Crippen molar-refractivity contribution in [3.05, 3.63) is 46.8 Å². The molecule has 162 valence electrons. The number of carbonyl (C=O) groups is 2. The maximum atomic E-state index is 13.1. The maximum absolute atomic E-state index is 13.1. The molecule has 1 N–H and O–H groups in total.